The molecule has 0 aromatic heterocycles. The van der Waals surface area contributed by atoms with Gasteiger partial charge in [-0.15, -0.1) is 0 Å². The van der Waals surface area contributed by atoms with Crippen LogP contribution in [-0.4, -0.2) is 126 Å². The zero-order valence-electron chi connectivity index (χ0n) is 13.6. The first-order valence-electron chi connectivity index (χ1n) is 6.34. The van der Waals surface area contributed by atoms with Crippen LogP contribution in [0.3, 0.4) is 0 Å². The second kappa shape index (κ2) is 12.4. The maximum atomic E-state index is 10.3. The molecule has 0 aromatic rings. The van der Waals surface area contributed by atoms with E-state index in [1.54, 1.807) is 0 Å². The van der Waals surface area contributed by atoms with E-state index in [2.05, 4.69) is 0 Å². The van der Waals surface area contributed by atoms with E-state index >= 15 is 0 Å². The van der Waals surface area contributed by atoms with Gasteiger partial charge in [-0.05, 0) is 0 Å². The van der Waals surface area contributed by atoms with Gasteiger partial charge in [0.2, 0.25) is 0 Å². The van der Waals surface area contributed by atoms with Crippen LogP contribution in [-0.2, 0) is 28.8 Å². The van der Waals surface area contributed by atoms with Gasteiger partial charge in [0.05, 0.1) is 25.7 Å². The normalized spacial score (nSPS) is 10.4. The fraction of sp³-hybridized carbons (Fsp3) is 0.500. The Balaban J connectivity index is -0.000000411. The Hall–Kier alpha value is -2.00. The summed E-state index contributed by atoms with van der Waals surface area (Å²) in [6.07, 6.45) is -4.58. The summed E-state index contributed by atoms with van der Waals surface area (Å²) in [6, 6.07) is 0. The van der Waals surface area contributed by atoms with Crippen LogP contribution < -0.4 is 0 Å². The van der Waals surface area contributed by atoms with E-state index in [1.165, 1.54) is 0 Å². The minimum atomic E-state index is -2.74. The van der Waals surface area contributed by atoms with Crippen LogP contribution in [0.4, 0.5) is 0 Å². The summed E-state index contributed by atoms with van der Waals surface area (Å²) >= 11 is 0. The van der Waals surface area contributed by atoms with Crippen LogP contribution >= 0.6 is 0 Å². The molecule has 0 saturated heterocycles. The third-order valence-corrected chi connectivity index (χ3v) is 2.57. The summed E-state index contributed by atoms with van der Waals surface area (Å²) in [7, 11) is 0. The summed E-state index contributed by atoms with van der Waals surface area (Å²) < 4.78 is 0. The number of hydrogen-bond acceptors (Lipinski definition) is 8. The van der Waals surface area contributed by atoms with Gasteiger partial charge in [-0.25, -0.2) is 9.59 Å². The number of aliphatic carboxylic acids is 6. The zero-order valence-corrected chi connectivity index (χ0v) is 15.8. The maximum Gasteiger partial charge on any atom is 2.00 e. The molecule has 0 radical (unpaired) electrons. The summed E-state index contributed by atoms with van der Waals surface area (Å²) in [5.74, 6) is -10.0. The van der Waals surface area contributed by atoms with Gasteiger partial charge in [-0.2, -0.15) is 0 Å². The van der Waals surface area contributed by atoms with Crippen molar-refractivity contribution in [2.24, 2.45) is 0 Å². The average Bonchev–Trinajstić information content (AvgIpc) is 2.34. The van der Waals surface area contributed by atoms with Crippen LogP contribution in [0.2, 0.25) is 0 Å². The fourth-order valence-electron chi connectivity index (χ4n) is 1.43. The summed E-state index contributed by atoms with van der Waals surface area (Å²) in [5.41, 5.74) is -5.48. The molecule has 0 aliphatic carbocycles. The summed E-state index contributed by atoms with van der Waals surface area (Å²) in [6.45, 7) is 0. The Labute approximate surface area is 179 Å². The molecule has 0 amide bonds. The van der Waals surface area contributed by atoms with Crippen LogP contribution in [0.15, 0.2) is 0 Å². The molecule has 14 nitrogen and oxygen atoms in total. The first kappa shape index (κ1) is 29.8. The topological polar surface area (TPSA) is 264 Å². The third kappa shape index (κ3) is 12.9. The summed E-state index contributed by atoms with van der Waals surface area (Å²) in [4.78, 5) is 61.0. The monoisotopic (exact) mass is 424 g/mol. The first-order valence-corrected chi connectivity index (χ1v) is 6.34. The molecule has 0 unspecified atom stereocenters. The molecular formula is C12H16CaO14+2. The molecule has 0 aliphatic heterocycles. The number of carboxylic acid groups (broad SMARTS) is 6. The smallest absolute Gasteiger partial charge is 0.481 e. The van der Waals surface area contributed by atoms with Crippen molar-refractivity contribution in [2.45, 2.75) is 36.9 Å². The van der Waals surface area contributed by atoms with Crippen molar-refractivity contribution >= 4 is 73.6 Å². The molecule has 0 spiro atoms. The van der Waals surface area contributed by atoms with E-state index in [-0.39, 0.29) is 37.7 Å². The molecule has 0 saturated carbocycles. The van der Waals surface area contributed by atoms with E-state index in [9.17, 15) is 28.8 Å². The number of aliphatic hydroxyl groups is 2. The van der Waals surface area contributed by atoms with Crippen molar-refractivity contribution in [3.63, 3.8) is 0 Å². The quantitative estimate of drug-likeness (QED) is 0.164. The minimum absolute atomic E-state index is 0. The van der Waals surface area contributed by atoms with E-state index in [1.807, 2.05) is 0 Å². The van der Waals surface area contributed by atoms with E-state index in [4.69, 9.17) is 40.9 Å². The van der Waals surface area contributed by atoms with Gasteiger partial charge < -0.3 is 40.9 Å². The van der Waals surface area contributed by atoms with Crippen LogP contribution in [0.1, 0.15) is 25.7 Å². The predicted molar refractivity (Wildman–Crippen MR) is 79.9 cm³/mol. The molecule has 148 valence electrons. The zero-order chi connectivity index (χ0) is 21.3. The molecule has 0 aromatic carbocycles. The predicted octanol–water partition coefficient (Wildman–Crippen LogP) is -2.88. The van der Waals surface area contributed by atoms with Crippen molar-refractivity contribution in [1.82, 2.24) is 0 Å². The largest absolute Gasteiger partial charge is 2.00 e. The van der Waals surface area contributed by atoms with E-state index < -0.39 is 72.7 Å². The van der Waals surface area contributed by atoms with Crippen molar-refractivity contribution in [2.75, 3.05) is 0 Å². The van der Waals surface area contributed by atoms with Crippen molar-refractivity contribution in [1.29, 1.82) is 0 Å². The van der Waals surface area contributed by atoms with Gasteiger partial charge in [-0.3, -0.25) is 19.2 Å². The van der Waals surface area contributed by atoms with Crippen molar-refractivity contribution in [3.05, 3.63) is 0 Å². The van der Waals surface area contributed by atoms with Gasteiger partial charge in [0.25, 0.3) is 0 Å². The Bertz CT molecular complexity index is 513. The van der Waals surface area contributed by atoms with Gasteiger partial charge in [0, 0.05) is 0 Å². The molecule has 0 fully saturated rings. The second-order valence-corrected chi connectivity index (χ2v) is 4.96. The van der Waals surface area contributed by atoms with Gasteiger partial charge in [0.15, 0.2) is 11.2 Å². The van der Waals surface area contributed by atoms with Crippen LogP contribution in [0, 0.1) is 0 Å². The van der Waals surface area contributed by atoms with Crippen LogP contribution in [0.5, 0.6) is 0 Å². The SMILES string of the molecule is O=C(O)CC(O)(CC(=O)O)C(=O)O.O=C(O)CC(O)(CC(=O)O)C(=O)O.[Ca+2]. The van der Waals surface area contributed by atoms with E-state index in [0.29, 0.717) is 0 Å². The Morgan fingerprint density at radius 1 is 0.481 bits per heavy atom. The first-order chi connectivity index (χ1) is 11.6. The molecule has 0 heterocycles. The standard InChI is InChI=1S/2C6H8O7.Ca/c2*7-3(8)1-6(13,5(11)12)2-4(9)10;/h2*13H,1-2H2,(H,7,8)(H,9,10)(H,11,12);/q;;+2. The maximum absolute atomic E-state index is 10.3. The molecule has 0 bridgehead atoms. The summed E-state index contributed by atoms with van der Waals surface area (Å²) in [5, 5.41) is 67.6. The number of carboxylic acids is 6. The average molecular weight is 424 g/mol. The molecular weight excluding hydrogens is 408 g/mol. The Morgan fingerprint density at radius 2 is 0.630 bits per heavy atom. The van der Waals surface area contributed by atoms with E-state index in [0.717, 1.165) is 0 Å². The van der Waals surface area contributed by atoms with Gasteiger partial charge in [0.1, 0.15) is 0 Å². The molecule has 0 rings (SSSR count). The Kier molecular flexibility index (Phi) is 13.7. The van der Waals surface area contributed by atoms with Gasteiger partial charge >= 0.3 is 73.6 Å². The number of rotatable bonds is 10. The Morgan fingerprint density at radius 3 is 0.704 bits per heavy atom. The number of hydrogen-bond donors (Lipinski definition) is 8. The molecule has 8 N–H and O–H groups in total. The minimum Gasteiger partial charge on any atom is -0.481 e. The van der Waals surface area contributed by atoms with Crippen molar-refractivity contribution < 1.29 is 69.6 Å². The molecule has 0 aliphatic rings. The fourth-order valence-corrected chi connectivity index (χ4v) is 1.43. The number of carbonyl (C=O) groups is 6. The molecule has 0 atom stereocenters. The second-order valence-electron chi connectivity index (χ2n) is 4.96. The molecule has 27 heavy (non-hydrogen) atoms. The third-order valence-electron chi connectivity index (χ3n) is 2.57. The van der Waals surface area contributed by atoms with Gasteiger partial charge in [-0.1, -0.05) is 0 Å². The van der Waals surface area contributed by atoms with Crippen LogP contribution in [0.25, 0.3) is 0 Å². The van der Waals surface area contributed by atoms with Crippen molar-refractivity contribution in [3.8, 4) is 0 Å². The molecule has 15 heteroatoms.